The monoisotopic (exact) mass is 360 g/mol. The second-order valence-electron chi connectivity index (χ2n) is 6.36. The predicted octanol–water partition coefficient (Wildman–Crippen LogP) is 1.29. The highest BCUT2D eigenvalue weighted by atomic mass is 16.7. The van der Waals surface area contributed by atoms with Crippen molar-refractivity contribution in [1.82, 2.24) is 4.90 Å². The quantitative estimate of drug-likeness (QED) is 0.493. The molecule has 8 nitrogen and oxygen atoms in total. The van der Waals surface area contributed by atoms with Gasteiger partial charge in [0.25, 0.3) is 11.7 Å². The standard InChI is InChI=1S/C18H20N2O6/c1-18(2)25-16(22)14(17(23)26-18)11-19-13-5-3-12(4-6-13)15(21)20-7-9-24-10-8-20/h3-6,11,19H,7-10H2,1-2H3. The van der Waals surface area contributed by atoms with Crippen molar-refractivity contribution in [3.05, 3.63) is 41.6 Å². The first-order valence-electron chi connectivity index (χ1n) is 8.26. The number of nitrogens with zero attached hydrogens (tertiary/aromatic N) is 1. The molecule has 0 saturated carbocycles. The molecular formula is C18H20N2O6. The molecule has 8 heteroatoms. The molecule has 1 aromatic carbocycles. The van der Waals surface area contributed by atoms with Gasteiger partial charge in [0, 0.05) is 44.4 Å². The van der Waals surface area contributed by atoms with Gasteiger partial charge in [-0.2, -0.15) is 0 Å². The average molecular weight is 360 g/mol. The number of benzene rings is 1. The molecular weight excluding hydrogens is 340 g/mol. The third kappa shape index (κ3) is 4.02. The summed E-state index contributed by atoms with van der Waals surface area (Å²) in [6.07, 6.45) is 1.23. The van der Waals surface area contributed by atoms with E-state index in [2.05, 4.69) is 5.32 Å². The summed E-state index contributed by atoms with van der Waals surface area (Å²) in [6, 6.07) is 6.74. The summed E-state index contributed by atoms with van der Waals surface area (Å²) in [5, 5.41) is 2.84. The van der Waals surface area contributed by atoms with Crippen molar-refractivity contribution in [2.24, 2.45) is 0 Å². The molecule has 2 fully saturated rings. The Labute approximate surface area is 150 Å². The number of anilines is 1. The van der Waals surface area contributed by atoms with Gasteiger partial charge in [0.15, 0.2) is 5.57 Å². The molecule has 2 saturated heterocycles. The van der Waals surface area contributed by atoms with Crippen LogP contribution < -0.4 is 5.32 Å². The van der Waals surface area contributed by atoms with Crippen molar-refractivity contribution in [2.45, 2.75) is 19.6 Å². The van der Waals surface area contributed by atoms with Crippen LogP contribution in [0.5, 0.6) is 0 Å². The number of nitrogens with one attached hydrogen (secondary N) is 1. The molecule has 2 aliphatic rings. The summed E-state index contributed by atoms with van der Waals surface area (Å²) in [5.41, 5.74) is 0.947. The van der Waals surface area contributed by atoms with Gasteiger partial charge in [-0.3, -0.25) is 4.79 Å². The number of morpholine rings is 1. The number of hydrogen-bond acceptors (Lipinski definition) is 7. The second kappa shape index (κ2) is 7.17. The molecule has 0 aromatic heterocycles. The number of ether oxygens (including phenoxy) is 3. The van der Waals surface area contributed by atoms with Gasteiger partial charge in [-0.05, 0) is 24.3 Å². The van der Waals surface area contributed by atoms with E-state index in [1.807, 2.05) is 0 Å². The fourth-order valence-electron chi connectivity index (χ4n) is 2.59. The van der Waals surface area contributed by atoms with Crippen LogP contribution in [-0.2, 0) is 23.8 Å². The largest absolute Gasteiger partial charge is 0.419 e. The topological polar surface area (TPSA) is 94.2 Å². The molecule has 138 valence electrons. The van der Waals surface area contributed by atoms with Gasteiger partial charge in [-0.1, -0.05) is 0 Å². The van der Waals surface area contributed by atoms with Crippen molar-refractivity contribution in [2.75, 3.05) is 31.6 Å². The summed E-state index contributed by atoms with van der Waals surface area (Å²) in [7, 11) is 0. The molecule has 26 heavy (non-hydrogen) atoms. The van der Waals surface area contributed by atoms with Crippen LogP contribution in [0, 0.1) is 0 Å². The van der Waals surface area contributed by atoms with Crippen LogP contribution >= 0.6 is 0 Å². The highest BCUT2D eigenvalue weighted by Gasteiger charge is 2.38. The van der Waals surface area contributed by atoms with Crippen molar-refractivity contribution >= 4 is 23.5 Å². The van der Waals surface area contributed by atoms with E-state index in [1.54, 1.807) is 29.2 Å². The molecule has 3 rings (SSSR count). The minimum absolute atomic E-state index is 0.0557. The molecule has 0 unspecified atom stereocenters. The van der Waals surface area contributed by atoms with Crippen LogP contribution in [0.3, 0.4) is 0 Å². The first kappa shape index (κ1) is 17.9. The SMILES string of the molecule is CC1(C)OC(=O)C(=CNc2ccc(C(=O)N3CCOCC3)cc2)C(=O)O1. The Morgan fingerprint density at radius 3 is 2.23 bits per heavy atom. The van der Waals surface area contributed by atoms with E-state index in [1.165, 1.54) is 20.0 Å². The molecule has 0 bridgehead atoms. The fraction of sp³-hybridized carbons (Fsp3) is 0.389. The summed E-state index contributed by atoms with van der Waals surface area (Å²) < 4.78 is 15.3. The highest BCUT2D eigenvalue weighted by molar-refractivity contribution is 6.15. The van der Waals surface area contributed by atoms with Crippen molar-refractivity contribution < 1.29 is 28.6 Å². The normalized spacial score (nSPS) is 19.5. The van der Waals surface area contributed by atoms with Gasteiger partial charge < -0.3 is 24.4 Å². The van der Waals surface area contributed by atoms with Crippen molar-refractivity contribution in [1.29, 1.82) is 0 Å². The summed E-state index contributed by atoms with van der Waals surface area (Å²) in [4.78, 5) is 37.9. The fourth-order valence-corrected chi connectivity index (χ4v) is 2.59. The Bertz CT molecular complexity index is 725. The number of rotatable bonds is 3. The lowest BCUT2D eigenvalue weighted by molar-refractivity contribution is -0.222. The van der Waals surface area contributed by atoms with E-state index in [0.717, 1.165) is 0 Å². The van der Waals surface area contributed by atoms with E-state index in [0.29, 0.717) is 37.6 Å². The maximum atomic E-state index is 12.4. The van der Waals surface area contributed by atoms with Gasteiger partial charge in [-0.15, -0.1) is 0 Å². The minimum Gasteiger partial charge on any atom is -0.419 e. The highest BCUT2D eigenvalue weighted by Crippen LogP contribution is 2.22. The first-order valence-corrected chi connectivity index (χ1v) is 8.26. The number of esters is 2. The van der Waals surface area contributed by atoms with E-state index < -0.39 is 17.7 Å². The number of carbonyl (C=O) groups excluding carboxylic acids is 3. The number of amides is 1. The van der Waals surface area contributed by atoms with Gasteiger partial charge in [0.2, 0.25) is 0 Å². The molecule has 2 aliphatic heterocycles. The van der Waals surface area contributed by atoms with E-state index >= 15 is 0 Å². The number of hydrogen-bond donors (Lipinski definition) is 1. The average Bonchev–Trinajstić information content (AvgIpc) is 2.61. The maximum Gasteiger partial charge on any atom is 0.350 e. The molecule has 1 N–H and O–H groups in total. The Morgan fingerprint density at radius 2 is 1.65 bits per heavy atom. The van der Waals surface area contributed by atoms with Crippen molar-refractivity contribution in [3.8, 4) is 0 Å². The lowest BCUT2D eigenvalue weighted by atomic mass is 10.1. The lowest BCUT2D eigenvalue weighted by Crippen LogP contribution is -2.42. The second-order valence-corrected chi connectivity index (χ2v) is 6.36. The molecule has 0 radical (unpaired) electrons. The van der Waals surface area contributed by atoms with E-state index in [4.69, 9.17) is 14.2 Å². The molecule has 0 atom stereocenters. The molecule has 0 aliphatic carbocycles. The maximum absolute atomic E-state index is 12.4. The van der Waals surface area contributed by atoms with Gasteiger partial charge in [0.1, 0.15) is 0 Å². The minimum atomic E-state index is -1.27. The van der Waals surface area contributed by atoms with Gasteiger partial charge in [0.05, 0.1) is 13.2 Å². The van der Waals surface area contributed by atoms with Crippen molar-refractivity contribution in [3.63, 3.8) is 0 Å². The molecule has 1 aromatic rings. The third-order valence-corrected chi connectivity index (χ3v) is 3.93. The zero-order valence-electron chi connectivity index (χ0n) is 14.6. The summed E-state index contributed by atoms with van der Waals surface area (Å²) in [5.74, 6) is -2.83. The van der Waals surface area contributed by atoms with Crippen LogP contribution in [0.25, 0.3) is 0 Å². The van der Waals surface area contributed by atoms with Crippen LogP contribution in [0.1, 0.15) is 24.2 Å². The summed E-state index contributed by atoms with van der Waals surface area (Å²) >= 11 is 0. The first-order chi connectivity index (χ1) is 12.4. The lowest BCUT2D eigenvalue weighted by Gasteiger charge is -2.29. The molecule has 0 spiro atoms. The zero-order valence-corrected chi connectivity index (χ0v) is 14.6. The molecule has 1 amide bonds. The Balaban J connectivity index is 1.65. The number of carbonyl (C=O) groups is 3. The van der Waals surface area contributed by atoms with Crippen LogP contribution in [0.2, 0.25) is 0 Å². The van der Waals surface area contributed by atoms with E-state index in [9.17, 15) is 14.4 Å². The van der Waals surface area contributed by atoms with Crippen LogP contribution in [0.4, 0.5) is 5.69 Å². The van der Waals surface area contributed by atoms with Crippen LogP contribution in [-0.4, -0.2) is 54.8 Å². The zero-order chi connectivity index (χ0) is 18.7. The summed E-state index contributed by atoms with van der Waals surface area (Å²) in [6.45, 7) is 5.20. The van der Waals surface area contributed by atoms with E-state index in [-0.39, 0.29) is 11.5 Å². The van der Waals surface area contributed by atoms with Gasteiger partial charge >= 0.3 is 11.9 Å². The smallest absolute Gasteiger partial charge is 0.350 e. The molecule has 2 heterocycles. The van der Waals surface area contributed by atoms with Crippen LogP contribution in [0.15, 0.2) is 36.0 Å². The predicted molar refractivity (Wildman–Crippen MR) is 91.1 cm³/mol. The Hall–Kier alpha value is -2.87. The Morgan fingerprint density at radius 1 is 1.08 bits per heavy atom. The number of cyclic esters (lactones) is 2. The van der Waals surface area contributed by atoms with Gasteiger partial charge in [-0.25, -0.2) is 9.59 Å². The Kier molecular flexibility index (Phi) is 4.94. The third-order valence-electron chi connectivity index (χ3n) is 3.93.